The maximum Gasteiger partial charge on any atom is 0.296 e. The maximum atomic E-state index is 12.7. The number of nitrogens with zero attached hydrogens (tertiary/aromatic N) is 2. The van der Waals surface area contributed by atoms with Crippen LogP contribution >= 0.6 is 0 Å². The molecule has 0 unspecified atom stereocenters. The van der Waals surface area contributed by atoms with Gasteiger partial charge in [0.2, 0.25) is 10.0 Å². The first-order valence-corrected chi connectivity index (χ1v) is 13.3. The monoisotopic (exact) mass is 531 g/mol. The van der Waals surface area contributed by atoms with Crippen LogP contribution in [-0.4, -0.2) is 48.2 Å². The Hall–Kier alpha value is -2.15. The molecule has 0 atom stereocenters. The molecule has 0 bridgehead atoms. The summed E-state index contributed by atoms with van der Waals surface area (Å²) in [5.74, 6) is 0. The Morgan fingerprint density at radius 1 is 0.861 bits per heavy atom. The summed E-state index contributed by atoms with van der Waals surface area (Å²) < 4.78 is 40.0. The molecule has 0 fully saturated rings. The summed E-state index contributed by atoms with van der Waals surface area (Å²) in [4.78, 5) is 19.8. The van der Waals surface area contributed by atoms with Crippen molar-refractivity contribution in [2.45, 2.75) is 103 Å². The molecule has 36 heavy (non-hydrogen) atoms. The minimum Gasteiger partial charge on any atom is -0.375 e. The molecular weight excluding hydrogens is 490 g/mol. The van der Waals surface area contributed by atoms with Gasteiger partial charge < -0.3 is 9.47 Å². The van der Waals surface area contributed by atoms with Gasteiger partial charge in [-0.3, -0.25) is 20.2 Å². The zero-order chi connectivity index (χ0) is 28.2. The predicted molar refractivity (Wildman–Crippen MR) is 138 cm³/mol. The molecule has 1 N–H and O–H groups in total. The number of nitro benzene ring substituents is 2. The van der Waals surface area contributed by atoms with Gasteiger partial charge in [-0.05, 0) is 72.3 Å². The molecule has 1 aromatic rings. The van der Waals surface area contributed by atoms with Crippen LogP contribution in [0.25, 0.3) is 0 Å². The Morgan fingerprint density at radius 2 is 1.44 bits per heavy atom. The van der Waals surface area contributed by atoms with Crippen molar-refractivity contribution in [1.29, 1.82) is 0 Å². The predicted octanol–water partition coefficient (Wildman–Crippen LogP) is 5.37. The highest BCUT2D eigenvalue weighted by molar-refractivity contribution is 7.89. The third kappa shape index (κ3) is 10.9. The van der Waals surface area contributed by atoms with E-state index in [-0.39, 0.29) is 17.6 Å². The molecule has 12 heteroatoms. The van der Waals surface area contributed by atoms with Crippen LogP contribution in [0.3, 0.4) is 0 Å². The summed E-state index contributed by atoms with van der Waals surface area (Å²) in [6, 6.07) is 2.42. The number of rotatable bonds is 14. The molecular formula is C24H41N3O8S. The number of nitro groups is 2. The lowest BCUT2D eigenvalue weighted by molar-refractivity contribution is -0.396. The van der Waals surface area contributed by atoms with Crippen LogP contribution in [0, 0.1) is 25.6 Å². The van der Waals surface area contributed by atoms with E-state index < -0.39 is 47.3 Å². The van der Waals surface area contributed by atoms with Gasteiger partial charge in [-0.25, -0.2) is 13.1 Å². The SMILES string of the molecule is CC(C)(C)CC(C)(C)OC(C)(C)CCOC(C)(C)CCNS(=O)(=O)c1ccc([N+](=O)[O-])cc1[N+](=O)[O-]. The normalized spacial score (nSPS) is 13.6. The van der Waals surface area contributed by atoms with Crippen LogP contribution in [0.5, 0.6) is 0 Å². The fraction of sp³-hybridized carbons (Fsp3) is 0.750. The molecule has 0 radical (unpaired) electrons. The molecule has 0 saturated carbocycles. The molecule has 0 aliphatic carbocycles. The maximum absolute atomic E-state index is 12.7. The van der Waals surface area contributed by atoms with E-state index in [1.165, 1.54) is 0 Å². The Balaban J connectivity index is 2.71. The molecule has 1 rings (SSSR count). The van der Waals surface area contributed by atoms with E-state index >= 15 is 0 Å². The molecule has 11 nitrogen and oxygen atoms in total. The highest BCUT2D eigenvalue weighted by Crippen LogP contribution is 2.34. The summed E-state index contributed by atoms with van der Waals surface area (Å²) in [6.07, 6.45) is 1.82. The van der Waals surface area contributed by atoms with Crippen LogP contribution in [0.1, 0.15) is 81.6 Å². The number of hydrogen-bond acceptors (Lipinski definition) is 8. The number of hydrogen-bond donors (Lipinski definition) is 1. The van der Waals surface area contributed by atoms with E-state index in [9.17, 15) is 28.6 Å². The third-order valence-corrected chi connectivity index (χ3v) is 6.87. The minimum absolute atomic E-state index is 0.0397. The van der Waals surface area contributed by atoms with Crippen molar-refractivity contribution in [2.24, 2.45) is 5.41 Å². The van der Waals surface area contributed by atoms with Gasteiger partial charge in [-0.1, -0.05) is 20.8 Å². The van der Waals surface area contributed by atoms with E-state index in [0.717, 1.165) is 18.6 Å². The van der Waals surface area contributed by atoms with E-state index in [1.54, 1.807) is 0 Å². The van der Waals surface area contributed by atoms with E-state index in [1.807, 2.05) is 27.7 Å². The molecule has 1 aromatic carbocycles. The second kappa shape index (κ2) is 11.5. The largest absolute Gasteiger partial charge is 0.375 e. The van der Waals surface area contributed by atoms with Crippen LogP contribution in [0.15, 0.2) is 23.1 Å². The summed E-state index contributed by atoms with van der Waals surface area (Å²) in [5, 5.41) is 22.2. The van der Waals surface area contributed by atoms with Crippen LogP contribution in [-0.2, 0) is 19.5 Å². The van der Waals surface area contributed by atoms with Crippen molar-refractivity contribution in [1.82, 2.24) is 4.72 Å². The van der Waals surface area contributed by atoms with Crippen molar-refractivity contribution >= 4 is 21.4 Å². The van der Waals surface area contributed by atoms with Crippen molar-refractivity contribution in [3.63, 3.8) is 0 Å². The summed E-state index contributed by atoms with van der Waals surface area (Å²) in [7, 11) is -4.27. The van der Waals surface area contributed by atoms with Crippen molar-refractivity contribution in [3.8, 4) is 0 Å². The lowest BCUT2D eigenvalue weighted by Gasteiger charge is -2.40. The number of ether oxygens (including phenoxy) is 2. The molecule has 0 saturated heterocycles. The second-order valence-corrected chi connectivity index (χ2v) is 13.8. The fourth-order valence-electron chi connectivity index (χ4n) is 4.31. The van der Waals surface area contributed by atoms with E-state index in [2.05, 4.69) is 39.3 Å². The molecule has 0 spiro atoms. The van der Waals surface area contributed by atoms with Gasteiger partial charge in [0, 0.05) is 12.6 Å². The van der Waals surface area contributed by atoms with Gasteiger partial charge in [0.1, 0.15) is 0 Å². The zero-order valence-electron chi connectivity index (χ0n) is 22.8. The van der Waals surface area contributed by atoms with Gasteiger partial charge >= 0.3 is 0 Å². The third-order valence-electron chi connectivity index (χ3n) is 5.36. The molecule has 206 valence electrons. The summed E-state index contributed by atoms with van der Waals surface area (Å²) in [5.41, 5.74) is -2.72. The first kappa shape index (κ1) is 31.9. The smallest absolute Gasteiger partial charge is 0.296 e. The van der Waals surface area contributed by atoms with Crippen LogP contribution in [0.4, 0.5) is 11.4 Å². The van der Waals surface area contributed by atoms with Gasteiger partial charge in [-0.15, -0.1) is 0 Å². The van der Waals surface area contributed by atoms with E-state index in [0.29, 0.717) is 25.5 Å². The quantitative estimate of drug-likeness (QED) is 0.249. The Morgan fingerprint density at radius 3 is 1.94 bits per heavy atom. The highest BCUT2D eigenvalue weighted by Gasteiger charge is 2.33. The molecule has 0 aliphatic heterocycles. The van der Waals surface area contributed by atoms with Crippen LogP contribution in [0.2, 0.25) is 0 Å². The Kier molecular flexibility index (Phi) is 10.2. The average Bonchev–Trinajstić information content (AvgIpc) is 2.63. The molecule has 0 heterocycles. The Bertz CT molecular complexity index is 1040. The Labute approximate surface area is 214 Å². The van der Waals surface area contributed by atoms with Crippen molar-refractivity contribution < 1.29 is 27.7 Å². The minimum atomic E-state index is -4.27. The van der Waals surface area contributed by atoms with Crippen LogP contribution < -0.4 is 4.72 Å². The first-order chi connectivity index (χ1) is 16.1. The fourth-order valence-corrected chi connectivity index (χ4v) is 5.49. The second-order valence-electron chi connectivity index (χ2n) is 12.0. The molecule has 0 aromatic heterocycles. The number of non-ortho nitro benzene ring substituents is 1. The number of nitrogens with one attached hydrogen (secondary N) is 1. The van der Waals surface area contributed by atoms with Crippen molar-refractivity contribution in [3.05, 3.63) is 38.4 Å². The van der Waals surface area contributed by atoms with Crippen molar-refractivity contribution in [2.75, 3.05) is 13.2 Å². The van der Waals surface area contributed by atoms with Gasteiger partial charge in [-0.2, -0.15) is 0 Å². The van der Waals surface area contributed by atoms with Gasteiger partial charge in [0.05, 0.1) is 39.3 Å². The molecule has 0 amide bonds. The standard InChI is InChI=1S/C24H41N3O8S/c1-21(2,3)17-24(8,9)35-23(6,7)13-15-34-22(4,5)12-14-25-36(32,33)20-11-10-18(26(28)29)16-19(20)27(30)31/h10-11,16,25H,12-15,17H2,1-9H3. The number of benzene rings is 1. The average molecular weight is 532 g/mol. The summed E-state index contributed by atoms with van der Waals surface area (Å²) in [6.45, 7) is 18.7. The van der Waals surface area contributed by atoms with Gasteiger partial charge in [0.25, 0.3) is 11.4 Å². The summed E-state index contributed by atoms with van der Waals surface area (Å²) >= 11 is 0. The van der Waals surface area contributed by atoms with Gasteiger partial charge in [0.15, 0.2) is 4.90 Å². The molecule has 0 aliphatic rings. The highest BCUT2D eigenvalue weighted by atomic mass is 32.2. The topological polar surface area (TPSA) is 151 Å². The lowest BCUT2D eigenvalue weighted by atomic mass is 9.83. The number of sulfonamides is 1. The van der Waals surface area contributed by atoms with E-state index in [4.69, 9.17) is 9.47 Å². The lowest BCUT2D eigenvalue weighted by Crippen LogP contribution is -2.41. The first-order valence-electron chi connectivity index (χ1n) is 11.8. The zero-order valence-corrected chi connectivity index (χ0v) is 23.7.